The summed E-state index contributed by atoms with van der Waals surface area (Å²) in [4.78, 5) is 25.4. The number of anilines is 2. The van der Waals surface area contributed by atoms with Gasteiger partial charge in [-0.05, 0) is 36.4 Å². The molecular formula is C17H15F3N2O3. The van der Waals surface area contributed by atoms with Crippen molar-refractivity contribution in [1.82, 2.24) is 0 Å². The number of nitrogens with one attached hydrogen (secondary N) is 1. The first-order chi connectivity index (χ1) is 11.8. The molecule has 1 amide bonds. The summed E-state index contributed by atoms with van der Waals surface area (Å²) in [5.41, 5.74) is 0.566. The van der Waals surface area contributed by atoms with E-state index in [-0.39, 0.29) is 5.56 Å². The second-order valence-electron chi connectivity index (χ2n) is 5.29. The summed E-state index contributed by atoms with van der Waals surface area (Å²) < 4.78 is 44.1. The number of carbonyl (C=O) groups excluding carboxylic acids is 2. The van der Waals surface area contributed by atoms with Gasteiger partial charge in [-0.3, -0.25) is 4.79 Å². The topological polar surface area (TPSA) is 58.6 Å². The molecule has 0 atom stereocenters. The van der Waals surface area contributed by atoms with Gasteiger partial charge < -0.3 is 15.0 Å². The number of esters is 1. The maximum Gasteiger partial charge on any atom is 0.338 e. The summed E-state index contributed by atoms with van der Waals surface area (Å²) in [5.74, 6) is -6.23. The van der Waals surface area contributed by atoms with Crippen molar-refractivity contribution in [2.45, 2.75) is 0 Å². The lowest BCUT2D eigenvalue weighted by Gasteiger charge is -2.12. The fourth-order valence-electron chi connectivity index (χ4n) is 1.92. The van der Waals surface area contributed by atoms with Gasteiger partial charge in [0, 0.05) is 19.8 Å². The van der Waals surface area contributed by atoms with Crippen LogP contribution in [0, 0.1) is 17.5 Å². The van der Waals surface area contributed by atoms with Gasteiger partial charge in [0.2, 0.25) is 0 Å². The largest absolute Gasteiger partial charge is 0.452 e. The molecule has 5 nitrogen and oxygen atoms in total. The van der Waals surface area contributed by atoms with E-state index in [0.29, 0.717) is 6.07 Å². The molecule has 132 valence electrons. The highest BCUT2D eigenvalue weighted by Gasteiger charge is 2.16. The fourth-order valence-corrected chi connectivity index (χ4v) is 1.92. The second-order valence-corrected chi connectivity index (χ2v) is 5.29. The normalized spacial score (nSPS) is 10.3. The third-order valence-corrected chi connectivity index (χ3v) is 3.26. The van der Waals surface area contributed by atoms with Gasteiger partial charge >= 0.3 is 5.97 Å². The Morgan fingerprint density at radius 2 is 1.64 bits per heavy atom. The van der Waals surface area contributed by atoms with Crippen LogP contribution in [0.1, 0.15) is 10.4 Å². The van der Waals surface area contributed by atoms with Crippen LogP contribution in [0.25, 0.3) is 0 Å². The maximum absolute atomic E-state index is 13.4. The van der Waals surface area contributed by atoms with Crippen molar-refractivity contribution in [1.29, 1.82) is 0 Å². The molecule has 0 fully saturated rings. The highest BCUT2D eigenvalue weighted by Crippen LogP contribution is 2.19. The molecule has 0 bridgehead atoms. The number of amides is 1. The summed E-state index contributed by atoms with van der Waals surface area (Å²) in [6.45, 7) is -0.702. The first-order valence-electron chi connectivity index (χ1n) is 7.17. The molecule has 0 aliphatic rings. The number of hydrogen-bond acceptors (Lipinski definition) is 4. The minimum absolute atomic E-state index is 0.234. The van der Waals surface area contributed by atoms with Crippen LogP contribution in [0.5, 0.6) is 0 Å². The maximum atomic E-state index is 13.4. The van der Waals surface area contributed by atoms with E-state index in [1.165, 1.54) is 12.1 Å². The minimum atomic E-state index is -1.70. The van der Waals surface area contributed by atoms with Crippen LogP contribution in [0.4, 0.5) is 24.5 Å². The van der Waals surface area contributed by atoms with E-state index >= 15 is 0 Å². The molecule has 25 heavy (non-hydrogen) atoms. The molecule has 0 aliphatic heterocycles. The molecule has 0 heterocycles. The van der Waals surface area contributed by atoms with Crippen molar-refractivity contribution in [2.24, 2.45) is 0 Å². The average Bonchev–Trinajstić information content (AvgIpc) is 2.60. The molecule has 2 aromatic carbocycles. The van der Waals surface area contributed by atoms with Gasteiger partial charge in [0.15, 0.2) is 24.1 Å². The van der Waals surface area contributed by atoms with Crippen LogP contribution in [0.2, 0.25) is 0 Å². The van der Waals surface area contributed by atoms with Gasteiger partial charge in [-0.2, -0.15) is 0 Å². The Labute approximate surface area is 142 Å². The predicted octanol–water partition coefficient (Wildman–Crippen LogP) is 2.97. The van der Waals surface area contributed by atoms with Crippen molar-refractivity contribution < 1.29 is 27.5 Å². The molecule has 2 aromatic rings. The summed E-state index contributed by atoms with van der Waals surface area (Å²) in [6.07, 6.45) is 0. The van der Waals surface area contributed by atoms with Gasteiger partial charge in [0.25, 0.3) is 5.91 Å². The number of hydrogen-bond donors (Lipinski definition) is 1. The smallest absolute Gasteiger partial charge is 0.338 e. The van der Waals surface area contributed by atoms with E-state index in [4.69, 9.17) is 4.74 Å². The standard InChI is InChI=1S/C17H15F3N2O3/c1-22(2)11-5-3-10(4-6-11)17(24)25-9-14(23)21-13-8-7-12(18)15(19)16(13)20/h3-8H,9H2,1-2H3,(H,21,23). The molecule has 0 unspecified atom stereocenters. The molecule has 0 saturated heterocycles. The Bertz CT molecular complexity index is 792. The van der Waals surface area contributed by atoms with Crippen LogP contribution in [-0.2, 0) is 9.53 Å². The van der Waals surface area contributed by atoms with Crippen LogP contribution in [-0.4, -0.2) is 32.6 Å². The van der Waals surface area contributed by atoms with E-state index in [9.17, 15) is 22.8 Å². The molecule has 2 rings (SSSR count). The van der Waals surface area contributed by atoms with Crippen molar-refractivity contribution in [2.75, 3.05) is 30.9 Å². The minimum Gasteiger partial charge on any atom is -0.452 e. The fraction of sp³-hybridized carbons (Fsp3) is 0.176. The summed E-state index contributed by atoms with van der Waals surface area (Å²) in [6, 6.07) is 8.01. The average molecular weight is 352 g/mol. The van der Waals surface area contributed by atoms with Crippen LogP contribution in [0.3, 0.4) is 0 Å². The van der Waals surface area contributed by atoms with E-state index in [0.717, 1.165) is 11.8 Å². The Kier molecular flexibility index (Phi) is 5.63. The third-order valence-electron chi connectivity index (χ3n) is 3.26. The van der Waals surface area contributed by atoms with E-state index in [1.54, 1.807) is 12.1 Å². The Morgan fingerprint density at radius 1 is 1.00 bits per heavy atom. The number of carbonyl (C=O) groups is 2. The Hall–Kier alpha value is -3.03. The zero-order chi connectivity index (χ0) is 18.6. The Morgan fingerprint density at radius 3 is 2.24 bits per heavy atom. The monoisotopic (exact) mass is 352 g/mol. The number of ether oxygens (including phenoxy) is 1. The lowest BCUT2D eigenvalue weighted by atomic mass is 10.2. The highest BCUT2D eigenvalue weighted by molar-refractivity contribution is 5.95. The molecule has 0 aliphatic carbocycles. The molecule has 0 aromatic heterocycles. The SMILES string of the molecule is CN(C)c1ccc(C(=O)OCC(=O)Nc2ccc(F)c(F)c2F)cc1. The first kappa shape index (κ1) is 18.3. The molecule has 0 saturated carbocycles. The predicted molar refractivity (Wildman–Crippen MR) is 86.0 cm³/mol. The van der Waals surface area contributed by atoms with Crippen LogP contribution < -0.4 is 10.2 Å². The van der Waals surface area contributed by atoms with E-state index in [1.807, 2.05) is 24.3 Å². The van der Waals surface area contributed by atoms with Crippen LogP contribution >= 0.6 is 0 Å². The molecular weight excluding hydrogens is 337 g/mol. The van der Waals surface area contributed by atoms with Gasteiger partial charge in [-0.25, -0.2) is 18.0 Å². The van der Waals surface area contributed by atoms with Gasteiger partial charge in [0.1, 0.15) is 0 Å². The van der Waals surface area contributed by atoms with Gasteiger partial charge in [-0.15, -0.1) is 0 Å². The summed E-state index contributed by atoms with van der Waals surface area (Å²) >= 11 is 0. The van der Waals surface area contributed by atoms with Crippen molar-refractivity contribution in [3.63, 3.8) is 0 Å². The van der Waals surface area contributed by atoms with Crippen molar-refractivity contribution >= 4 is 23.3 Å². The molecule has 0 radical (unpaired) electrons. The van der Waals surface area contributed by atoms with Gasteiger partial charge in [0.05, 0.1) is 11.3 Å². The number of halogens is 3. The van der Waals surface area contributed by atoms with Crippen molar-refractivity contribution in [3.8, 4) is 0 Å². The molecule has 1 N–H and O–H groups in total. The number of rotatable bonds is 5. The van der Waals surface area contributed by atoms with Crippen LogP contribution in [0.15, 0.2) is 36.4 Å². The summed E-state index contributed by atoms with van der Waals surface area (Å²) in [7, 11) is 3.68. The Balaban J connectivity index is 1.93. The van der Waals surface area contributed by atoms with E-state index in [2.05, 4.69) is 0 Å². The summed E-state index contributed by atoms with van der Waals surface area (Å²) in [5, 5.41) is 2.00. The molecule has 8 heteroatoms. The van der Waals surface area contributed by atoms with E-state index < -0.39 is 41.6 Å². The zero-order valence-corrected chi connectivity index (χ0v) is 13.5. The number of benzene rings is 2. The lowest BCUT2D eigenvalue weighted by Crippen LogP contribution is -2.21. The van der Waals surface area contributed by atoms with Gasteiger partial charge in [-0.1, -0.05) is 0 Å². The highest BCUT2D eigenvalue weighted by atomic mass is 19.2. The van der Waals surface area contributed by atoms with Crippen molar-refractivity contribution in [3.05, 3.63) is 59.4 Å². The second kappa shape index (κ2) is 7.69. The lowest BCUT2D eigenvalue weighted by molar-refractivity contribution is -0.119. The first-order valence-corrected chi connectivity index (χ1v) is 7.17. The quantitative estimate of drug-likeness (QED) is 0.664. The third kappa shape index (κ3) is 4.50. The zero-order valence-electron chi connectivity index (χ0n) is 13.5. The molecule has 0 spiro atoms. The number of nitrogens with zero attached hydrogens (tertiary/aromatic N) is 1.